The summed E-state index contributed by atoms with van der Waals surface area (Å²) >= 11 is 0. The first-order valence-corrected chi connectivity index (χ1v) is 7.59. The lowest BCUT2D eigenvalue weighted by Crippen LogP contribution is -2.37. The lowest BCUT2D eigenvalue weighted by atomic mass is 10.2. The number of sulfonamides is 1. The van der Waals surface area contributed by atoms with Crippen molar-refractivity contribution in [3.05, 3.63) is 23.8 Å². The highest BCUT2D eigenvalue weighted by Crippen LogP contribution is 2.32. The van der Waals surface area contributed by atoms with Gasteiger partial charge in [0.05, 0.1) is 5.25 Å². The van der Waals surface area contributed by atoms with Crippen LogP contribution in [0.15, 0.2) is 18.2 Å². The molecule has 7 heteroatoms. The topological polar surface area (TPSA) is 76.7 Å². The maximum absolute atomic E-state index is 11.9. The first-order chi connectivity index (χ1) is 9.03. The van der Waals surface area contributed by atoms with Gasteiger partial charge in [0.1, 0.15) is 0 Å². The summed E-state index contributed by atoms with van der Waals surface area (Å²) in [6.07, 6.45) is 0. The summed E-state index contributed by atoms with van der Waals surface area (Å²) in [5.74, 6) is 1.34. The Hall–Kier alpha value is -1.31. The lowest BCUT2D eigenvalue weighted by molar-refractivity contribution is 0.174. The van der Waals surface area contributed by atoms with E-state index in [-0.39, 0.29) is 13.3 Å². The minimum absolute atomic E-state index is 0.212. The van der Waals surface area contributed by atoms with Gasteiger partial charge in [0.2, 0.25) is 16.8 Å². The summed E-state index contributed by atoms with van der Waals surface area (Å²) in [6, 6.07) is 5.38. The molecule has 0 saturated carbocycles. The summed E-state index contributed by atoms with van der Waals surface area (Å²) in [5, 5.41) is 2.37. The summed E-state index contributed by atoms with van der Waals surface area (Å²) in [6.45, 7) is 2.53. The highest BCUT2D eigenvalue weighted by atomic mass is 32.2. The molecule has 106 valence electrons. The molecule has 19 heavy (non-hydrogen) atoms. The standard InChI is InChI=1S/C12H18N2O4S/c1-9(6-13-2)19(15,16)14-7-10-3-4-11-12(5-10)18-8-17-11/h3-5,9,13-14H,6-8H2,1-2H3. The quantitative estimate of drug-likeness (QED) is 0.793. The van der Waals surface area contributed by atoms with Crippen LogP contribution in [-0.2, 0) is 16.6 Å². The zero-order valence-corrected chi connectivity index (χ0v) is 11.8. The van der Waals surface area contributed by atoms with E-state index in [9.17, 15) is 8.42 Å². The van der Waals surface area contributed by atoms with Gasteiger partial charge in [-0.3, -0.25) is 0 Å². The molecule has 0 amide bonds. The SMILES string of the molecule is CNCC(C)S(=O)(=O)NCc1ccc2c(c1)OCO2. The summed E-state index contributed by atoms with van der Waals surface area (Å²) in [5.41, 5.74) is 0.837. The molecule has 6 nitrogen and oxygen atoms in total. The molecule has 2 N–H and O–H groups in total. The highest BCUT2D eigenvalue weighted by molar-refractivity contribution is 7.90. The molecular formula is C12H18N2O4S. The summed E-state index contributed by atoms with van der Waals surface area (Å²) in [7, 11) is -1.59. The Bertz CT molecular complexity index is 545. The van der Waals surface area contributed by atoms with Crippen molar-refractivity contribution in [3.63, 3.8) is 0 Å². The molecular weight excluding hydrogens is 268 g/mol. The molecule has 0 fully saturated rings. The van der Waals surface area contributed by atoms with Crippen LogP contribution in [0.4, 0.5) is 0 Å². The van der Waals surface area contributed by atoms with E-state index in [1.54, 1.807) is 26.1 Å². The van der Waals surface area contributed by atoms with Crippen LogP contribution >= 0.6 is 0 Å². The Morgan fingerprint density at radius 2 is 2.05 bits per heavy atom. The zero-order chi connectivity index (χ0) is 13.9. The van der Waals surface area contributed by atoms with Gasteiger partial charge in [-0.15, -0.1) is 0 Å². The molecule has 0 aromatic heterocycles. The van der Waals surface area contributed by atoms with Gasteiger partial charge >= 0.3 is 0 Å². The molecule has 0 saturated heterocycles. The second-order valence-corrected chi connectivity index (χ2v) is 6.61. The maximum Gasteiger partial charge on any atom is 0.231 e. The van der Waals surface area contributed by atoms with Crippen molar-refractivity contribution in [2.24, 2.45) is 0 Å². The summed E-state index contributed by atoms with van der Waals surface area (Å²) in [4.78, 5) is 0. The number of fused-ring (bicyclic) bond motifs is 1. The lowest BCUT2D eigenvalue weighted by Gasteiger charge is -2.13. The molecule has 1 aromatic rings. The van der Waals surface area contributed by atoms with Crippen molar-refractivity contribution in [2.45, 2.75) is 18.7 Å². The predicted molar refractivity (Wildman–Crippen MR) is 71.7 cm³/mol. The Morgan fingerprint density at radius 1 is 1.32 bits per heavy atom. The van der Waals surface area contributed by atoms with Crippen LogP contribution in [0.3, 0.4) is 0 Å². The Labute approximate surface area is 113 Å². The minimum atomic E-state index is -3.32. The highest BCUT2D eigenvalue weighted by Gasteiger charge is 2.20. The minimum Gasteiger partial charge on any atom is -0.454 e. The van der Waals surface area contributed by atoms with Crippen LogP contribution < -0.4 is 19.5 Å². The van der Waals surface area contributed by atoms with Crippen molar-refractivity contribution >= 4 is 10.0 Å². The molecule has 1 aliphatic heterocycles. The average molecular weight is 286 g/mol. The third kappa shape index (κ3) is 3.37. The van der Waals surface area contributed by atoms with Gasteiger partial charge in [0, 0.05) is 13.1 Å². The van der Waals surface area contributed by atoms with Gasteiger partial charge in [0.25, 0.3) is 0 Å². The largest absolute Gasteiger partial charge is 0.454 e. The maximum atomic E-state index is 11.9. The van der Waals surface area contributed by atoms with Crippen LogP contribution in [0.25, 0.3) is 0 Å². The number of rotatable bonds is 6. The predicted octanol–water partition coefficient (Wildman–Crippen LogP) is 0.443. The van der Waals surface area contributed by atoms with Gasteiger partial charge in [-0.05, 0) is 31.7 Å². The second-order valence-electron chi connectivity index (χ2n) is 4.42. The van der Waals surface area contributed by atoms with E-state index in [0.29, 0.717) is 18.0 Å². The number of benzene rings is 1. The normalized spacial score (nSPS) is 15.5. The first kappa shape index (κ1) is 14.1. The average Bonchev–Trinajstić information content (AvgIpc) is 2.84. The number of hydrogen-bond acceptors (Lipinski definition) is 5. The van der Waals surface area contributed by atoms with Crippen LogP contribution in [0.2, 0.25) is 0 Å². The van der Waals surface area contributed by atoms with Crippen molar-refractivity contribution in [1.82, 2.24) is 10.0 Å². The van der Waals surface area contributed by atoms with Crippen molar-refractivity contribution in [2.75, 3.05) is 20.4 Å². The molecule has 1 unspecified atom stereocenters. The van der Waals surface area contributed by atoms with Gasteiger partial charge in [-0.2, -0.15) is 0 Å². The van der Waals surface area contributed by atoms with Crippen molar-refractivity contribution in [3.8, 4) is 11.5 Å². The first-order valence-electron chi connectivity index (χ1n) is 6.04. The van der Waals surface area contributed by atoms with E-state index in [0.717, 1.165) is 5.56 Å². The van der Waals surface area contributed by atoms with Gasteiger partial charge < -0.3 is 14.8 Å². The van der Waals surface area contributed by atoms with E-state index in [4.69, 9.17) is 9.47 Å². The van der Waals surface area contributed by atoms with Crippen molar-refractivity contribution < 1.29 is 17.9 Å². The third-order valence-electron chi connectivity index (χ3n) is 2.94. The van der Waals surface area contributed by atoms with Gasteiger partial charge in [-0.25, -0.2) is 13.1 Å². The fourth-order valence-corrected chi connectivity index (χ4v) is 2.81. The Morgan fingerprint density at radius 3 is 2.79 bits per heavy atom. The fraction of sp³-hybridized carbons (Fsp3) is 0.500. The van der Waals surface area contributed by atoms with Crippen molar-refractivity contribution in [1.29, 1.82) is 0 Å². The molecule has 0 aliphatic carbocycles. The van der Waals surface area contributed by atoms with Gasteiger partial charge in [-0.1, -0.05) is 6.07 Å². The van der Waals surface area contributed by atoms with E-state index in [2.05, 4.69) is 10.0 Å². The third-order valence-corrected chi connectivity index (χ3v) is 4.71. The smallest absolute Gasteiger partial charge is 0.231 e. The van der Waals surface area contributed by atoms with E-state index in [1.165, 1.54) is 0 Å². The summed E-state index contributed by atoms with van der Waals surface area (Å²) < 4.78 is 36.9. The fourth-order valence-electron chi connectivity index (χ4n) is 1.77. The molecule has 1 atom stereocenters. The van der Waals surface area contributed by atoms with E-state index >= 15 is 0 Å². The monoisotopic (exact) mass is 286 g/mol. The van der Waals surface area contributed by atoms with E-state index in [1.807, 2.05) is 6.07 Å². The molecule has 0 bridgehead atoms. The molecule has 1 heterocycles. The second kappa shape index (κ2) is 5.77. The number of hydrogen-bond donors (Lipinski definition) is 2. The van der Waals surface area contributed by atoms with E-state index < -0.39 is 15.3 Å². The molecule has 1 aliphatic rings. The molecule has 0 radical (unpaired) electrons. The zero-order valence-electron chi connectivity index (χ0n) is 11.0. The van der Waals surface area contributed by atoms with Crippen LogP contribution in [0.1, 0.15) is 12.5 Å². The van der Waals surface area contributed by atoms with Gasteiger partial charge in [0.15, 0.2) is 11.5 Å². The van der Waals surface area contributed by atoms with Crippen LogP contribution in [-0.4, -0.2) is 34.1 Å². The molecule has 1 aromatic carbocycles. The van der Waals surface area contributed by atoms with Crippen LogP contribution in [0, 0.1) is 0 Å². The van der Waals surface area contributed by atoms with Crippen LogP contribution in [0.5, 0.6) is 11.5 Å². The molecule has 0 spiro atoms. The number of ether oxygens (including phenoxy) is 2. The Kier molecular flexibility index (Phi) is 4.28. The molecule has 2 rings (SSSR count). The number of nitrogens with one attached hydrogen (secondary N) is 2. The Balaban J connectivity index is 1.99.